The molecule has 0 bridgehead atoms. The van der Waals surface area contributed by atoms with E-state index in [-0.39, 0.29) is 38.0 Å². The van der Waals surface area contributed by atoms with Crippen LogP contribution in [0.1, 0.15) is 34.2 Å². The molecule has 3 heterocycles. The molecular formula is C20H20ClNO5. The van der Waals surface area contributed by atoms with E-state index in [0.29, 0.717) is 6.42 Å². The Balaban J connectivity index is 0.00000160. The maximum atomic E-state index is 11.0. The molecule has 4 aliphatic rings. The summed E-state index contributed by atoms with van der Waals surface area (Å²) < 4.78 is 22.4. The SMILES string of the molecule is CN1Cc2c(ccc3c2OCO3)C2C(O)Cc3cc4c(cc3C21)OCO4.Cl. The third kappa shape index (κ3) is 2.27. The maximum Gasteiger partial charge on any atom is 0.231 e. The van der Waals surface area contributed by atoms with Crippen molar-refractivity contribution in [2.75, 3.05) is 20.6 Å². The zero-order chi connectivity index (χ0) is 17.4. The molecule has 142 valence electrons. The van der Waals surface area contributed by atoms with Crippen LogP contribution >= 0.6 is 12.4 Å². The molecule has 0 fully saturated rings. The van der Waals surface area contributed by atoms with Gasteiger partial charge in [-0.05, 0) is 48.4 Å². The van der Waals surface area contributed by atoms with E-state index in [1.165, 1.54) is 5.56 Å². The largest absolute Gasteiger partial charge is 0.454 e. The lowest BCUT2D eigenvalue weighted by molar-refractivity contribution is 0.0591. The smallest absolute Gasteiger partial charge is 0.231 e. The minimum absolute atomic E-state index is 0. The van der Waals surface area contributed by atoms with E-state index in [4.69, 9.17) is 18.9 Å². The molecule has 0 radical (unpaired) electrons. The van der Waals surface area contributed by atoms with Gasteiger partial charge < -0.3 is 24.1 Å². The zero-order valence-electron chi connectivity index (χ0n) is 14.8. The molecule has 27 heavy (non-hydrogen) atoms. The van der Waals surface area contributed by atoms with Crippen LogP contribution in [0.15, 0.2) is 24.3 Å². The van der Waals surface area contributed by atoms with Gasteiger partial charge in [-0.1, -0.05) is 6.07 Å². The summed E-state index contributed by atoms with van der Waals surface area (Å²) in [6, 6.07) is 8.27. The minimum atomic E-state index is -0.463. The fourth-order valence-corrected chi connectivity index (χ4v) is 4.97. The number of aliphatic hydroxyl groups is 1. The first kappa shape index (κ1) is 17.0. The monoisotopic (exact) mass is 389 g/mol. The number of hydrogen-bond donors (Lipinski definition) is 1. The van der Waals surface area contributed by atoms with Crippen LogP contribution in [0.3, 0.4) is 0 Å². The van der Waals surface area contributed by atoms with Gasteiger partial charge in [0.1, 0.15) is 0 Å². The van der Waals surface area contributed by atoms with Gasteiger partial charge in [0.15, 0.2) is 23.0 Å². The molecule has 7 heteroatoms. The van der Waals surface area contributed by atoms with Gasteiger partial charge in [0.2, 0.25) is 13.6 Å². The molecule has 3 aliphatic heterocycles. The number of halogens is 1. The topological polar surface area (TPSA) is 60.4 Å². The lowest BCUT2D eigenvalue weighted by Crippen LogP contribution is -2.43. The Kier molecular flexibility index (Phi) is 3.73. The average molecular weight is 390 g/mol. The standard InChI is InChI=1S/C20H19NO5.ClH/c1-21-7-13-11(2-3-15-20(13)26-9-23-15)18-14(22)4-10-5-16-17(25-8-24-16)6-12(10)19(18)21;/h2-3,5-6,14,18-19,22H,4,7-9H2,1H3;1H. The quantitative estimate of drug-likeness (QED) is 0.747. The number of likely N-dealkylation sites (N-methyl/N-ethyl adjacent to an activating group) is 1. The van der Waals surface area contributed by atoms with Gasteiger partial charge in [-0.25, -0.2) is 0 Å². The number of nitrogens with zero attached hydrogens (tertiary/aromatic N) is 1. The highest BCUT2D eigenvalue weighted by molar-refractivity contribution is 5.85. The van der Waals surface area contributed by atoms with Gasteiger partial charge in [0, 0.05) is 24.1 Å². The highest BCUT2D eigenvalue weighted by Crippen LogP contribution is 2.54. The number of fused-ring (bicyclic) bond motifs is 8. The normalized spacial score (nSPS) is 26.7. The summed E-state index contributed by atoms with van der Waals surface area (Å²) in [6.45, 7) is 1.28. The van der Waals surface area contributed by atoms with Crippen LogP contribution in [-0.4, -0.2) is 36.7 Å². The zero-order valence-corrected chi connectivity index (χ0v) is 15.6. The second-order valence-electron chi connectivity index (χ2n) is 7.43. The van der Waals surface area contributed by atoms with Crippen molar-refractivity contribution < 1.29 is 24.1 Å². The van der Waals surface area contributed by atoms with Gasteiger partial charge in [0.25, 0.3) is 0 Å². The van der Waals surface area contributed by atoms with E-state index in [9.17, 15) is 5.11 Å². The van der Waals surface area contributed by atoms with Crippen LogP contribution in [0.5, 0.6) is 23.0 Å². The summed E-state index contributed by atoms with van der Waals surface area (Å²) >= 11 is 0. The van der Waals surface area contributed by atoms with E-state index in [0.717, 1.165) is 46.2 Å². The van der Waals surface area contributed by atoms with Gasteiger partial charge in [-0.15, -0.1) is 12.4 Å². The third-order valence-corrected chi connectivity index (χ3v) is 6.06. The van der Waals surface area contributed by atoms with Crippen LogP contribution in [0.25, 0.3) is 0 Å². The number of benzene rings is 2. The molecule has 3 unspecified atom stereocenters. The number of ether oxygens (including phenoxy) is 4. The molecule has 3 atom stereocenters. The van der Waals surface area contributed by atoms with Crippen molar-refractivity contribution in [2.45, 2.75) is 31.0 Å². The summed E-state index contributed by atoms with van der Waals surface area (Å²) in [4.78, 5) is 2.29. The summed E-state index contributed by atoms with van der Waals surface area (Å²) in [6.07, 6.45) is 0.143. The van der Waals surface area contributed by atoms with E-state index in [1.54, 1.807) is 0 Å². The molecule has 1 aliphatic carbocycles. The van der Waals surface area contributed by atoms with Crippen LogP contribution in [0.2, 0.25) is 0 Å². The molecule has 0 aromatic heterocycles. The van der Waals surface area contributed by atoms with E-state index < -0.39 is 6.10 Å². The van der Waals surface area contributed by atoms with Gasteiger partial charge in [-0.3, -0.25) is 4.90 Å². The van der Waals surface area contributed by atoms with Crippen molar-refractivity contribution in [2.24, 2.45) is 0 Å². The number of hydrogen-bond acceptors (Lipinski definition) is 6. The van der Waals surface area contributed by atoms with Crippen LogP contribution < -0.4 is 18.9 Å². The fourth-order valence-electron chi connectivity index (χ4n) is 4.97. The molecule has 6 nitrogen and oxygen atoms in total. The first-order valence-corrected chi connectivity index (χ1v) is 8.93. The Labute approximate surface area is 163 Å². The van der Waals surface area contributed by atoms with E-state index >= 15 is 0 Å². The van der Waals surface area contributed by atoms with Crippen molar-refractivity contribution >= 4 is 12.4 Å². The van der Waals surface area contributed by atoms with Crippen molar-refractivity contribution in [1.29, 1.82) is 0 Å². The molecule has 6 rings (SSSR count). The number of aliphatic hydroxyl groups excluding tert-OH is 1. The van der Waals surface area contributed by atoms with Crippen molar-refractivity contribution in [1.82, 2.24) is 4.90 Å². The first-order chi connectivity index (χ1) is 12.7. The van der Waals surface area contributed by atoms with Crippen molar-refractivity contribution in [3.63, 3.8) is 0 Å². The minimum Gasteiger partial charge on any atom is -0.454 e. The molecular weight excluding hydrogens is 370 g/mol. The predicted molar refractivity (Wildman–Crippen MR) is 99.0 cm³/mol. The summed E-state index contributed by atoms with van der Waals surface area (Å²) in [7, 11) is 2.10. The Bertz CT molecular complexity index is 931. The summed E-state index contributed by atoms with van der Waals surface area (Å²) in [5.41, 5.74) is 4.65. The molecule has 0 spiro atoms. The van der Waals surface area contributed by atoms with Crippen LogP contribution in [-0.2, 0) is 13.0 Å². The highest BCUT2D eigenvalue weighted by atomic mass is 35.5. The van der Waals surface area contributed by atoms with Crippen LogP contribution in [0, 0.1) is 0 Å². The lowest BCUT2D eigenvalue weighted by Gasteiger charge is -2.46. The van der Waals surface area contributed by atoms with Crippen LogP contribution in [0.4, 0.5) is 0 Å². The second kappa shape index (κ2) is 5.92. The summed E-state index contributed by atoms with van der Waals surface area (Å²) in [5, 5.41) is 11.0. The van der Waals surface area contributed by atoms with E-state index in [2.05, 4.69) is 24.1 Å². The first-order valence-electron chi connectivity index (χ1n) is 8.93. The Morgan fingerprint density at radius 3 is 2.56 bits per heavy atom. The van der Waals surface area contributed by atoms with E-state index in [1.807, 2.05) is 12.1 Å². The second-order valence-corrected chi connectivity index (χ2v) is 7.43. The lowest BCUT2D eigenvalue weighted by atomic mass is 9.70. The molecule has 0 amide bonds. The Morgan fingerprint density at radius 1 is 0.963 bits per heavy atom. The predicted octanol–water partition coefficient (Wildman–Crippen LogP) is 2.75. The van der Waals surface area contributed by atoms with Crippen molar-refractivity contribution in [3.8, 4) is 23.0 Å². The van der Waals surface area contributed by atoms with Gasteiger partial charge in [0.05, 0.1) is 6.10 Å². The highest BCUT2D eigenvalue weighted by Gasteiger charge is 2.45. The molecule has 2 aromatic carbocycles. The average Bonchev–Trinajstić information content (AvgIpc) is 3.28. The van der Waals surface area contributed by atoms with Gasteiger partial charge >= 0.3 is 0 Å². The Morgan fingerprint density at radius 2 is 1.70 bits per heavy atom. The molecule has 0 saturated heterocycles. The molecule has 0 saturated carbocycles. The van der Waals surface area contributed by atoms with Crippen molar-refractivity contribution in [3.05, 3.63) is 46.5 Å². The molecule has 1 N–H and O–H groups in total. The summed E-state index contributed by atoms with van der Waals surface area (Å²) in [5.74, 6) is 3.19. The van der Waals surface area contributed by atoms with Gasteiger partial charge in [-0.2, -0.15) is 0 Å². The molecule has 2 aromatic rings. The maximum absolute atomic E-state index is 11.0. The Hall–Kier alpha value is -2.15. The fraction of sp³-hybridized carbons (Fsp3) is 0.400. The number of rotatable bonds is 0. The third-order valence-electron chi connectivity index (χ3n) is 6.06.